The number of thiophene rings is 1. The van der Waals surface area contributed by atoms with Crippen LogP contribution in [0.4, 0.5) is 0 Å². The van der Waals surface area contributed by atoms with Crippen LogP contribution in [0, 0.1) is 12.8 Å². The van der Waals surface area contributed by atoms with Crippen molar-refractivity contribution < 1.29 is 17.9 Å². The number of hydrogen-bond acceptors (Lipinski definition) is 6. The molecule has 1 fully saturated rings. The van der Waals surface area contributed by atoms with Crippen molar-refractivity contribution in [3.8, 4) is 0 Å². The lowest BCUT2D eigenvalue weighted by Crippen LogP contribution is -2.40. The van der Waals surface area contributed by atoms with Gasteiger partial charge in [0.15, 0.2) is 5.03 Å². The normalized spacial score (nSPS) is 16.2. The number of aryl methyl sites for hydroxylation is 2. The molecule has 3 aromatic rings. The summed E-state index contributed by atoms with van der Waals surface area (Å²) in [6.07, 6.45) is 2.35. The summed E-state index contributed by atoms with van der Waals surface area (Å²) in [6.45, 7) is 2.41. The van der Waals surface area contributed by atoms with Gasteiger partial charge in [0.1, 0.15) is 12.4 Å². The number of sulfonamides is 1. The molecular weight excluding hydrogens is 446 g/mol. The quantitative estimate of drug-likeness (QED) is 0.534. The molecule has 0 N–H and O–H groups in total. The number of esters is 1. The molecule has 10 heteroatoms. The number of carbonyl (C=O) groups excluding carboxylic acids is 1. The van der Waals surface area contributed by atoms with Crippen LogP contribution >= 0.6 is 22.9 Å². The summed E-state index contributed by atoms with van der Waals surface area (Å²) >= 11 is 7.92. The maximum atomic E-state index is 12.8. The number of hydrogen-bond donors (Lipinski definition) is 0. The first-order chi connectivity index (χ1) is 14.3. The van der Waals surface area contributed by atoms with Crippen molar-refractivity contribution in [3.05, 3.63) is 46.2 Å². The molecule has 0 bridgehead atoms. The van der Waals surface area contributed by atoms with Crippen LogP contribution in [-0.4, -0.2) is 41.3 Å². The van der Waals surface area contributed by atoms with Gasteiger partial charge in [-0.1, -0.05) is 29.8 Å². The zero-order valence-electron chi connectivity index (χ0n) is 16.7. The standard InChI is InChI=1S/C20H22ClN3O4S2/c1-13-22-18(11-23(13)2)30(26,27)24-9-7-14(8-10-24)20(25)28-12-17-19(21)15-5-3-4-6-16(15)29-17/h3-6,11,14H,7-10,12H2,1-2H3. The van der Waals surface area contributed by atoms with Crippen LogP contribution in [0.25, 0.3) is 10.1 Å². The van der Waals surface area contributed by atoms with E-state index in [1.165, 1.54) is 21.8 Å². The molecule has 30 heavy (non-hydrogen) atoms. The van der Waals surface area contributed by atoms with Crippen LogP contribution in [0.5, 0.6) is 0 Å². The third kappa shape index (κ3) is 3.99. The van der Waals surface area contributed by atoms with E-state index in [2.05, 4.69) is 4.98 Å². The second-order valence-corrected chi connectivity index (χ2v) is 10.8. The molecule has 1 saturated heterocycles. The lowest BCUT2D eigenvalue weighted by molar-refractivity contribution is -0.151. The van der Waals surface area contributed by atoms with E-state index in [0.29, 0.717) is 23.7 Å². The van der Waals surface area contributed by atoms with E-state index in [0.717, 1.165) is 15.0 Å². The Bertz CT molecular complexity index is 1170. The molecule has 160 valence electrons. The first-order valence-corrected chi connectivity index (χ1v) is 12.2. The molecule has 1 aliphatic rings. The van der Waals surface area contributed by atoms with Crippen molar-refractivity contribution in [2.24, 2.45) is 13.0 Å². The summed E-state index contributed by atoms with van der Waals surface area (Å²) in [5.74, 6) is -0.00346. The second kappa shape index (κ2) is 8.30. The highest BCUT2D eigenvalue weighted by Gasteiger charge is 2.34. The fraction of sp³-hybridized carbons (Fsp3) is 0.400. The van der Waals surface area contributed by atoms with Gasteiger partial charge in [-0.15, -0.1) is 11.3 Å². The molecule has 0 unspecified atom stereocenters. The summed E-state index contributed by atoms with van der Waals surface area (Å²) in [6, 6.07) is 7.79. The molecule has 2 aromatic heterocycles. The van der Waals surface area contributed by atoms with E-state index >= 15 is 0 Å². The van der Waals surface area contributed by atoms with E-state index < -0.39 is 10.0 Å². The Labute approximate surface area is 184 Å². The average molecular weight is 468 g/mol. The number of ether oxygens (including phenoxy) is 1. The molecule has 4 rings (SSSR count). The maximum Gasteiger partial charge on any atom is 0.309 e. The van der Waals surface area contributed by atoms with E-state index in [1.807, 2.05) is 24.3 Å². The first kappa shape index (κ1) is 21.3. The number of imidazole rings is 1. The number of carbonyl (C=O) groups is 1. The lowest BCUT2D eigenvalue weighted by Gasteiger charge is -2.29. The van der Waals surface area contributed by atoms with E-state index in [-0.39, 0.29) is 36.6 Å². The molecule has 0 radical (unpaired) electrons. The van der Waals surface area contributed by atoms with Crippen molar-refractivity contribution in [2.45, 2.75) is 31.4 Å². The van der Waals surface area contributed by atoms with Crippen molar-refractivity contribution >= 4 is 49.0 Å². The predicted molar refractivity (Wildman–Crippen MR) is 116 cm³/mol. The van der Waals surface area contributed by atoms with E-state index in [4.69, 9.17) is 16.3 Å². The summed E-state index contributed by atoms with van der Waals surface area (Å²) < 4.78 is 35.2. The van der Waals surface area contributed by atoms with Gasteiger partial charge in [-0.05, 0) is 25.8 Å². The van der Waals surface area contributed by atoms with Crippen LogP contribution in [0.2, 0.25) is 5.02 Å². The molecule has 3 heterocycles. The zero-order chi connectivity index (χ0) is 21.5. The molecule has 1 aliphatic heterocycles. The Balaban J connectivity index is 1.35. The maximum absolute atomic E-state index is 12.8. The largest absolute Gasteiger partial charge is 0.460 e. The van der Waals surface area contributed by atoms with Gasteiger partial charge in [-0.25, -0.2) is 13.4 Å². The Kier molecular flexibility index (Phi) is 5.89. The smallest absolute Gasteiger partial charge is 0.309 e. The molecule has 0 atom stereocenters. The van der Waals surface area contributed by atoms with Crippen LogP contribution < -0.4 is 0 Å². The van der Waals surface area contributed by atoms with Crippen LogP contribution in [0.15, 0.2) is 35.5 Å². The number of piperidine rings is 1. The van der Waals surface area contributed by atoms with Crippen LogP contribution in [0.3, 0.4) is 0 Å². The minimum Gasteiger partial charge on any atom is -0.460 e. The Morgan fingerprint density at radius 1 is 1.30 bits per heavy atom. The van der Waals surface area contributed by atoms with Gasteiger partial charge in [0.25, 0.3) is 10.0 Å². The number of rotatable bonds is 5. The molecule has 0 saturated carbocycles. The third-order valence-electron chi connectivity index (χ3n) is 5.43. The lowest BCUT2D eigenvalue weighted by atomic mass is 9.98. The molecule has 0 aliphatic carbocycles. The van der Waals surface area contributed by atoms with Crippen molar-refractivity contribution in [2.75, 3.05) is 13.1 Å². The minimum atomic E-state index is -3.66. The third-order valence-corrected chi connectivity index (χ3v) is 8.88. The second-order valence-electron chi connectivity index (χ2n) is 7.36. The Morgan fingerprint density at radius 2 is 2.00 bits per heavy atom. The van der Waals surface area contributed by atoms with Gasteiger partial charge in [0.05, 0.1) is 15.8 Å². The SMILES string of the molecule is Cc1nc(S(=O)(=O)N2CCC(C(=O)OCc3sc4ccccc4c3Cl)CC2)cn1C. The Morgan fingerprint density at radius 3 is 2.63 bits per heavy atom. The topological polar surface area (TPSA) is 81.5 Å². The van der Waals surface area contributed by atoms with Gasteiger partial charge >= 0.3 is 5.97 Å². The fourth-order valence-electron chi connectivity index (χ4n) is 3.53. The first-order valence-electron chi connectivity index (χ1n) is 9.60. The fourth-order valence-corrected chi connectivity index (χ4v) is 6.42. The van der Waals surface area contributed by atoms with Gasteiger partial charge in [-0.3, -0.25) is 4.79 Å². The van der Waals surface area contributed by atoms with Gasteiger partial charge < -0.3 is 9.30 Å². The number of benzene rings is 1. The van der Waals surface area contributed by atoms with Crippen LogP contribution in [0.1, 0.15) is 23.5 Å². The highest BCUT2D eigenvalue weighted by atomic mass is 35.5. The molecule has 1 aromatic carbocycles. The van der Waals surface area contributed by atoms with Crippen molar-refractivity contribution in [1.29, 1.82) is 0 Å². The highest BCUT2D eigenvalue weighted by Crippen LogP contribution is 2.36. The van der Waals surface area contributed by atoms with E-state index in [9.17, 15) is 13.2 Å². The molecule has 7 nitrogen and oxygen atoms in total. The number of halogens is 1. The van der Waals surface area contributed by atoms with Crippen molar-refractivity contribution in [3.63, 3.8) is 0 Å². The monoisotopic (exact) mass is 467 g/mol. The zero-order valence-corrected chi connectivity index (χ0v) is 19.1. The van der Waals surface area contributed by atoms with Gasteiger partial charge in [0, 0.05) is 36.4 Å². The van der Waals surface area contributed by atoms with Crippen LogP contribution in [-0.2, 0) is 33.2 Å². The van der Waals surface area contributed by atoms with Gasteiger partial charge in [0.2, 0.25) is 0 Å². The number of fused-ring (bicyclic) bond motifs is 1. The minimum absolute atomic E-state index is 0.0444. The average Bonchev–Trinajstić information content (AvgIpc) is 3.26. The summed E-state index contributed by atoms with van der Waals surface area (Å²) in [5, 5.41) is 1.62. The molecular formula is C20H22ClN3O4S2. The Hall–Kier alpha value is -1.94. The highest BCUT2D eigenvalue weighted by molar-refractivity contribution is 7.89. The predicted octanol–water partition coefficient (Wildman–Crippen LogP) is 3.74. The van der Waals surface area contributed by atoms with E-state index in [1.54, 1.807) is 18.5 Å². The van der Waals surface area contributed by atoms with Gasteiger partial charge in [-0.2, -0.15) is 4.31 Å². The number of aromatic nitrogens is 2. The van der Waals surface area contributed by atoms with Crippen molar-refractivity contribution in [1.82, 2.24) is 13.9 Å². The summed E-state index contributed by atoms with van der Waals surface area (Å²) in [5.41, 5.74) is 0. The molecule has 0 spiro atoms. The summed E-state index contributed by atoms with van der Waals surface area (Å²) in [4.78, 5) is 17.5. The molecule has 0 amide bonds. The number of nitrogens with zero attached hydrogens (tertiary/aromatic N) is 3. The summed E-state index contributed by atoms with van der Waals surface area (Å²) in [7, 11) is -1.90.